The van der Waals surface area contributed by atoms with Crippen LogP contribution in [0.25, 0.3) is 0 Å². The molecule has 1 aliphatic rings. The zero-order valence-corrected chi connectivity index (χ0v) is 8.17. The van der Waals surface area contributed by atoms with Crippen LogP contribution >= 0.6 is 11.3 Å². The molecule has 3 nitrogen and oxygen atoms in total. The summed E-state index contributed by atoms with van der Waals surface area (Å²) in [7, 11) is 0. The topological polar surface area (TPSA) is 32.7 Å². The number of hydrogen-bond acceptors (Lipinski definition) is 4. The van der Waals surface area contributed by atoms with Gasteiger partial charge < -0.3 is 5.11 Å². The number of aliphatic hydroxyl groups is 1. The highest BCUT2D eigenvalue weighted by Gasteiger charge is 2.20. The van der Waals surface area contributed by atoms with Gasteiger partial charge in [0.15, 0.2) is 0 Å². The molecule has 1 aromatic heterocycles. The Morgan fingerprint density at radius 1 is 1.69 bits per heavy atom. The first kappa shape index (κ1) is 9.15. The van der Waals surface area contributed by atoms with Crippen LogP contribution in [0.2, 0.25) is 0 Å². The lowest BCUT2D eigenvalue weighted by atomic mass is 10.2. The van der Waals surface area contributed by atoms with Crippen LogP contribution in [-0.4, -0.2) is 36.0 Å². The highest BCUT2D eigenvalue weighted by atomic mass is 32.1. The normalized spacial score (nSPS) is 23.9. The standard InChI is InChI=1S/C9H13NO2S/c11-9-5-10(12-6-9)3-1-8-2-4-13-7-8/h2,4,7,9,11H,1,3,5-6H2/t9-/m1/s1. The van der Waals surface area contributed by atoms with Gasteiger partial charge >= 0.3 is 0 Å². The Balaban J connectivity index is 1.74. The summed E-state index contributed by atoms with van der Waals surface area (Å²) < 4.78 is 0. The van der Waals surface area contributed by atoms with Gasteiger partial charge in [-0.3, -0.25) is 4.84 Å². The van der Waals surface area contributed by atoms with Crippen LogP contribution in [-0.2, 0) is 11.3 Å². The zero-order chi connectivity index (χ0) is 9.10. The molecule has 0 unspecified atom stereocenters. The van der Waals surface area contributed by atoms with Crippen molar-refractivity contribution in [3.63, 3.8) is 0 Å². The fourth-order valence-electron chi connectivity index (χ4n) is 1.38. The first-order chi connectivity index (χ1) is 6.34. The van der Waals surface area contributed by atoms with Crippen molar-refractivity contribution >= 4 is 11.3 Å². The first-order valence-corrected chi connectivity index (χ1v) is 5.36. The minimum Gasteiger partial charge on any atom is -0.389 e. The van der Waals surface area contributed by atoms with Gasteiger partial charge in [-0.2, -0.15) is 16.4 Å². The molecule has 1 atom stereocenters. The van der Waals surface area contributed by atoms with Gasteiger partial charge in [0.05, 0.1) is 19.3 Å². The summed E-state index contributed by atoms with van der Waals surface area (Å²) >= 11 is 1.71. The van der Waals surface area contributed by atoms with E-state index in [2.05, 4.69) is 16.8 Å². The van der Waals surface area contributed by atoms with E-state index in [1.54, 1.807) is 11.3 Å². The van der Waals surface area contributed by atoms with Crippen LogP contribution in [0.1, 0.15) is 5.56 Å². The van der Waals surface area contributed by atoms with Crippen LogP contribution in [0, 0.1) is 0 Å². The number of hydrogen-bond donors (Lipinski definition) is 1. The molecule has 1 fully saturated rings. The second-order valence-electron chi connectivity index (χ2n) is 3.22. The second-order valence-corrected chi connectivity index (χ2v) is 4.00. The summed E-state index contributed by atoms with van der Waals surface area (Å²) in [6.07, 6.45) is 0.693. The molecule has 1 aliphatic heterocycles. The lowest BCUT2D eigenvalue weighted by Crippen LogP contribution is -2.23. The van der Waals surface area contributed by atoms with E-state index in [9.17, 15) is 5.11 Å². The maximum atomic E-state index is 9.19. The Kier molecular flexibility index (Phi) is 2.95. The third kappa shape index (κ3) is 2.51. The van der Waals surface area contributed by atoms with Crippen LogP contribution in [0.5, 0.6) is 0 Å². The van der Waals surface area contributed by atoms with Gasteiger partial charge in [0.2, 0.25) is 0 Å². The summed E-state index contributed by atoms with van der Waals surface area (Å²) in [6.45, 7) is 1.96. The van der Waals surface area contributed by atoms with E-state index in [0.29, 0.717) is 13.2 Å². The molecule has 2 heterocycles. The monoisotopic (exact) mass is 199 g/mol. The molecular weight excluding hydrogens is 186 g/mol. The molecule has 0 bridgehead atoms. The van der Waals surface area contributed by atoms with Crippen LogP contribution < -0.4 is 0 Å². The van der Waals surface area contributed by atoms with Gasteiger partial charge in [-0.1, -0.05) is 0 Å². The van der Waals surface area contributed by atoms with Crippen molar-refractivity contribution in [3.05, 3.63) is 22.4 Å². The van der Waals surface area contributed by atoms with E-state index >= 15 is 0 Å². The molecule has 0 radical (unpaired) electrons. The molecule has 0 spiro atoms. The average molecular weight is 199 g/mol. The lowest BCUT2D eigenvalue weighted by molar-refractivity contribution is -0.109. The fourth-order valence-corrected chi connectivity index (χ4v) is 2.08. The maximum Gasteiger partial charge on any atom is 0.0958 e. The highest BCUT2D eigenvalue weighted by molar-refractivity contribution is 7.07. The van der Waals surface area contributed by atoms with E-state index in [1.807, 2.05) is 5.06 Å². The number of β-amino-alcohol motifs (C(OH)–C–C–N with tert-alkyl or cyclic N) is 1. The molecule has 0 aromatic carbocycles. The van der Waals surface area contributed by atoms with Crippen LogP contribution in [0.15, 0.2) is 16.8 Å². The molecule has 0 aliphatic carbocycles. The molecule has 2 rings (SSSR count). The largest absolute Gasteiger partial charge is 0.389 e. The van der Waals surface area contributed by atoms with Crippen molar-refractivity contribution in [1.82, 2.24) is 5.06 Å². The lowest BCUT2D eigenvalue weighted by Gasteiger charge is -2.11. The summed E-state index contributed by atoms with van der Waals surface area (Å²) in [4.78, 5) is 5.25. The molecule has 1 aromatic rings. The van der Waals surface area contributed by atoms with E-state index in [1.165, 1.54) is 5.56 Å². The van der Waals surface area contributed by atoms with E-state index in [0.717, 1.165) is 13.0 Å². The summed E-state index contributed by atoms with van der Waals surface area (Å²) in [5.74, 6) is 0. The Morgan fingerprint density at radius 2 is 2.62 bits per heavy atom. The number of hydroxylamine groups is 2. The summed E-state index contributed by atoms with van der Waals surface area (Å²) in [6, 6.07) is 2.12. The van der Waals surface area contributed by atoms with Gasteiger partial charge in [-0.05, 0) is 28.8 Å². The van der Waals surface area contributed by atoms with Crippen LogP contribution in [0.3, 0.4) is 0 Å². The van der Waals surface area contributed by atoms with E-state index in [4.69, 9.17) is 4.84 Å². The van der Waals surface area contributed by atoms with Gasteiger partial charge in [-0.25, -0.2) is 0 Å². The molecule has 0 amide bonds. The van der Waals surface area contributed by atoms with Gasteiger partial charge in [0.25, 0.3) is 0 Å². The number of thiophene rings is 1. The molecule has 0 saturated carbocycles. The van der Waals surface area contributed by atoms with Gasteiger partial charge in [0, 0.05) is 6.54 Å². The molecule has 1 saturated heterocycles. The average Bonchev–Trinajstić information content (AvgIpc) is 2.71. The van der Waals surface area contributed by atoms with Crippen molar-refractivity contribution < 1.29 is 9.94 Å². The zero-order valence-electron chi connectivity index (χ0n) is 7.35. The molecule has 4 heteroatoms. The van der Waals surface area contributed by atoms with Crippen molar-refractivity contribution in [2.45, 2.75) is 12.5 Å². The quantitative estimate of drug-likeness (QED) is 0.785. The summed E-state index contributed by atoms with van der Waals surface area (Å²) in [5, 5.41) is 15.3. The van der Waals surface area contributed by atoms with Crippen molar-refractivity contribution in [1.29, 1.82) is 0 Å². The minimum atomic E-state index is -0.303. The first-order valence-electron chi connectivity index (χ1n) is 4.41. The third-order valence-electron chi connectivity index (χ3n) is 2.09. The number of nitrogens with zero attached hydrogens (tertiary/aromatic N) is 1. The van der Waals surface area contributed by atoms with Gasteiger partial charge in [-0.15, -0.1) is 0 Å². The maximum absolute atomic E-state index is 9.19. The van der Waals surface area contributed by atoms with Crippen molar-refractivity contribution in [3.8, 4) is 0 Å². The predicted octanol–water partition coefficient (Wildman–Crippen LogP) is 0.899. The Labute approximate surface area is 81.5 Å². The van der Waals surface area contributed by atoms with E-state index < -0.39 is 0 Å². The smallest absolute Gasteiger partial charge is 0.0958 e. The third-order valence-corrected chi connectivity index (χ3v) is 2.83. The van der Waals surface area contributed by atoms with Gasteiger partial charge in [0.1, 0.15) is 0 Å². The van der Waals surface area contributed by atoms with Crippen molar-refractivity contribution in [2.75, 3.05) is 19.7 Å². The summed E-state index contributed by atoms with van der Waals surface area (Å²) in [5.41, 5.74) is 1.34. The van der Waals surface area contributed by atoms with Crippen LogP contribution in [0.4, 0.5) is 0 Å². The molecular formula is C9H13NO2S. The van der Waals surface area contributed by atoms with Crippen molar-refractivity contribution in [2.24, 2.45) is 0 Å². The second kappa shape index (κ2) is 4.19. The fraction of sp³-hybridized carbons (Fsp3) is 0.556. The Morgan fingerprint density at radius 3 is 3.23 bits per heavy atom. The molecule has 13 heavy (non-hydrogen) atoms. The Bertz CT molecular complexity index is 250. The number of rotatable bonds is 3. The van der Waals surface area contributed by atoms with E-state index in [-0.39, 0.29) is 6.10 Å². The predicted molar refractivity (Wildman–Crippen MR) is 51.6 cm³/mol. The Hall–Kier alpha value is -0.420. The molecule has 1 N–H and O–H groups in total. The highest BCUT2D eigenvalue weighted by Crippen LogP contribution is 2.10. The number of aliphatic hydroxyl groups excluding tert-OH is 1. The minimum absolute atomic E-state index is 0.303. The SMILES string of the molecule is O[C@H]1CON(CCc2ccsc2)C1. The molecule has 72 valence electrons.